The second-order valence-electron chi connectivity index (χ2n) is 2.59. The fraction of sp³-hybridized carbons (Fsp3) is 0.167. The van der Waals surface area contributed by atoms with E-state index in [1.54, 1.807) is 0 Å². The fourth-order valence-electron chi connectivity index (χ4n) is 0.927. The minimum Gasteiger partial charge on any atom is -0.0842 e. The van der Waals surface area contributed by atoms with Gasteiger partial charge in [0.05, 0.1) is 0 Å². The molecule has 0 bridgehead atoms. The quantitative estimate of drug-likeness (QED) is 0.505. The van der Waals surface area contributed by atoms with Crippen LogP contribution < -0.4 is 0 Å². The van der Waals surface area contributed by atoms with Crippen LogP contribution in [0.1, 0.15) is 12.8 Å². The minimum atomic E-state index is 1.12. The van der Waals surface area contributed by atoms with Crippen molar-refractivity contribution in [3.05, 3.63) is 60.8 Å². The van der Waals surface area contributed by atoms with Gasteiger partial charge < -0.3 is 0 Å². The summed E-state index contributed by atoms with van der Waals surface area (Å²) in [7, 11) is 0. The summed E-state index contributed by atoms with van der Waals surface area (Å²) in [5.74, 6) is 0. The third kappa shape index (κ3) is 4.51. The van der Waals surface area contributed by atoms with Gasteiger partial charge in [0.2, 0.25) is 0 Å². The molecule has 0 fully saturated rings. The topological polar surface area (TPSA) is 0 Å². The first-order valence-electron chi connectivity index (χ1n) is 4.32. The van der Waals surface area contributed by atoms with E-state index < -0.39 is 0 Å². The van der Waals surface area contributed by atoms with Gasteiger partial charge >= 0.3 is 0 Å². The van der Waals surface area contributed by atoms with Gasteiger partial charge in [0, 0.05) is 0 Å². The molecule has 0 atom stereocenters. The Bertz CT molecular complexity index is 211. The van der Waals surface area contributed by atoms with E-state index in [2.05, 4.69) is 36.5 Å². The van der Waals surface area contributed by atoms with Gasteiger partial charge in [-0.15, -0.1) is 0 Å². The molecule has 0 amide bonds. The van der Waals surface area contributed by atoms with E-state index in [-0.39, 0.29) is 0 Å². The van der Waals surface area contributed by atoms with Crippen LogP contribution in [0.2, 0.25) is 0 Å². The molecule has 0 spiro atoms. The van der Waals surface area contributed by atoms with Gasteiger partial charge in [-0.1, -0.05) is 60.8 Å². The zero-order valence-corrected chi connectivity index (χ0v) is 7.19. The van der Waals surface area contributed by atoms with Crippen molar-refractivity contribution in [1.82, 2.24) is 0 Å². The predicted molar refractivity (Wildman–Crippen MR) is 54.9 cm³/mol. The van der Waals surface area contributed by atoms with Gasteiger partial charge in [-0.05, 0) is 12.8 Å². The lowest BCUT2D eigenvalue weighted by atomic mass is 10.2. The Balaban J connectivity index is 2.55. The highest BCUT2D eigenvalue weighted by atomic mass is 13.8. The molecule has 0 N–H and O–H groups in total. The minimum absolute atomic E-state index is 1.12. The van der Waals surface area contributed by atoms with E-state index in [0.29, 0.717) is 0 Å². The van der Waals surface area contributed by atoms with E-state index >= 15 is 0 Å². The zero-order valence-electron chi connectivity index (χ0n) is 7.19. The average Bonchev–Trinajstić information content (AvgIpc) is 2.05. The van der Waals surface area contributed by atoms with Crippen LogP contribution >= 0.6 is 0 Å². The molecule has 1 aliphatic carbocycles. The highest BCUT2D eigenvalue weighted by Gasteiger charge is 1.74. The Morgan fingerprint density at radius 3 is 1.17 bits per heavy atom. The lowest BCUT2D eigenvalue weighted by Crippen LogP contribution is -1.64. The van der Waals surface area contributed by atoms with Crippen molar-refractivity contribution in [2.75, 3.05) is 0 Å². The SMILES string of the molecule is C1=C/C=C\C=C\CC/C=C\C=C1. The maximum Gasteiger partial charge on any atom is -0.0313 e. The van der Waals surface area contributed by atoms with Crippen LogP contribution in [0, 0.1) is 0 Å². The smallest absolute Gasteiger partial charge is 0.0313 e. The number of hydrogen-bond acceptors (Lipinski definition) is 0. The zero-order chi connectivity index (χ0) is 8.49. The van der Waals surface area contributed by atoms with Gasteiger partial charge in [-0.2, -0.15) is 0 Å². The van der Waals surface area contributed by atoms with E-state index in [9.17, 15) is 0 Å². The van der Waals surface area contributed by atoms with Crippen molar-refractivity contribution in [1.29, 1.82) is 0 Å². The Morgan fingerprint density at radius 2 is 0.750 bits per heavy atom. The summed E-state index contributed by atoms with van der Waals surface area (Å²) in [5.41, 5.74) is 0. The molecule has 0 aliphatic heterocycles. The summed E-state index contributed by atoms with van der Waals surface area (Å²) in [4.78, 5) is 0. The highest BCUT2D eigenvalue weighted by Crippen LogP contribution is 1.95. The Kier molecular flexibility index (Phi) is 4.70. The molecule has 0 aromatic carbocycles. The molecule has 0 unspecified atom stereocenters. The molecule has 1 aliphatic rings. The van der Waals surface area contributed by atoms with Crippen LogP contribution in [0.3, 0.4) is 0 Å². The van der Waals surface area contributed by atoms with Gasteiger partial charge in [0.15, 0.2) is 0 Å². The average molecular weight is 158 g/mol. The van der Waals surface area contributed by atoms with E-state index in [1.165, 1.54) is 0 Å². The molecule has 0 saturated carbocycles. The normalized spacial score (nSPS) is 25.3. The molecule has 0 heteroatoms. The van der Waals surface area contributed by atoms with Crippen molar-refractivity contribution < 1.29 is 0 Å². The number of allylic oxidation sites excluding steroid dienone is 10. The van der Waals surface area contributed by atoms with Gasteiger partial charge in [0.1, 0.15) is 0 Å². The van der Waals surface area contributed by atoms with Crippen LogP contribution in [-0.4, -0.2) is 0 Å². The Hall–Kier alpha value is -1.30. The molecule has 62 valence electrons. The second kappa shape index (κ2) is 6.41. The summed E-state index contributed by atoms with van der Waals surface area (Å²) in [6.07, 6.45) is 23.0. The summed E-state index contributed by atoms with van der Waals surface area (Å²) in [6, 6.07) is 0. The first-order valence-corrected chi connectivity index (χ1v) is 4.32. The first-order chi connectivity index (χ1) is 6.00. The maximum atomic E-state index is 2.18. The van der Waals surface area contributed by atoms with Gasteiger partial charge in [0.25, 0.3) is 0 Å². The Morgan fingerprint density at radius 1 is 0.417 bits per heavy atom. The van der Waals surface area contributed by atoms with Crippen molar-refractivity contribution in [2.45, 2.75) is 12.8 Å². The van der Waals surface area contributed by atoms with Crippen LogP contribution in [0.4, 0.5) is 0 Å². The molecular formula is C12H14. The maximum absolute atomic E-state index is 2.18. The predicted octanol–water partition coefficient (Wildman–Crippen LogP) is 3.56. The lowest BCUT2D eigenvalue weighted by Gasteiger charge is -1.84. The molecule has 12 heavy (non-hydrogen) atoms. The molecule has 0 aromatic rings. The van der Waals surface area contributed by atoms with Crippen molar-refractivity contribution in [2.24, 2.45) is 0 Å². The monoisotopic (exact) mass is 158 g/mol. The lowest BCUT2D eigenvalue weighted by molar-refractivity contribution is 1.05. The molecular weight excluding hydrogens is 144 g/mol. The van der Waals surface area contributed by atoms with E-state index in [1.807, 2.05) is 24.3 Å². The van der Waals surface area contributed by atoms with Crippen LogP contribution in [0.15, 0.2) is 60.8 Å². The third-order valence-corrected chi connectivity index (χ3v) is 1.55. The van der Waals surface area contributed by atoms with Gasteiger partial charge in [-0.25, -0.2) is 0 Å². The Labute approximate surface area is 74.3 Å². The summed E-state index contributed by atoms with van der Waals surface area (Å²) in [5, 5.41) is 0. The summed E-state index contributed by atoms with van der Waals surface area (Å²) < 4.78 is 0. The summed E-state index contributed by atoms with van der Waals surface area (Å²) >= 11 is 0. The molecule has 0 radical (unpaired) electrons. The van der Waals surface area contributed by atoms with Crippen molar-refractivity contribution >= 4 is 0 Å². The van der Waals surface area contributed by atoms with Crippen LogP contribution in [0.5, 0.6) is 0 Å². The number of rotatable bonds is 0. The molecule has 0 nitrogen and oxygen atoms in total. The number of hydrogen-bond donors (Lipinski definition) is 0. The third-order valence-electron chi connectivity index (χ3n) is 1.55. The second-order valence-corrected chi connectivity index (χ2v) is 2.59. The van der Waals surface area contributed by atoms with Crippen LogP contribution in [-0.2, 0) is 0 Å². The van der Waals surface area contributed by atoms with E-state index in [0.717, 1.165) is 12.8 Å². The largest absolute Gasteiger partial charge is 0.0842 e. The van der Waals surface area contributed by atoms with Gasteiger partial charge in [-0.3, -0.25) is 0 Å². The fourth-order valence-corrected chi connectivity index (χ4v) is 0.927. The highest BCUT2D eigenvalue weighted by molar-refractivity contribution is 5.18. The molecule has 0 aromatic heterocycles. The first kappa shape index (κ1) is 8.79. The molecule has 0 saturated heterocycles. The molecule has 1 rings (SSSR count). The van der Waals surface area contributed by atoms with E-state index in [4.69, 9.17) is 0 Å². The standard InChI is InChI=1S/C12H14/c1-2-4-6-8-10-12-11-9-7-5-3-1/h1-10H,11-12H2/b2-1?,5-3-,6-4?,9-7+,10-8-. The van der Waals surface area contributed by atoms with Crippen LogP contribution in [0.25, 0.3) is 0 Å². The molecule has 0 heterocycles. The van der Waals surface area contributed by atoms with Crippen molar-refractivity contribution in [3.8, 4) is 0 Å². The van der Waals surface area contributed by atoms with Crippen molar-refractivity contribution in [3.63, 3.8) is 0 Å². The summed E-state index contributed by atoms with van der Waals surface area (Å²) in [6.45, 7) is 0.